The van der Waals surface area contributed by atoms with Crippen molar-refractivity contribution in [3.8, 4) is 11.3 Å². The van der Waals surface area contributed by atoms with E-state index >= 15 is 0 Å². The highest BCUT2D eigenvalue weighted by atomic mass is 32.1. The number of hydrogen-bond donors (Lipinski definition) is 1. The lowest BCUT2D eigenvalue weighted by Crippen LogP contribution is -2.14. The number of hydrogen-bond acceptors (Lipinski definition) is 4. The Morgan fingerprint density at radius 2 is 1.93 bits per heavy atom. The highest BCUT2D eigenvalue weighted by molar-refractivity contribution is 7.15. The van der Waals surface area contributed by atoms with Gasteiger partial charge >= 0.3 is 0 Å². The first kappa shape index (κ1) is 16.6. The Morgan fingerprint density at radius 3 is 2.79 bits per heavy atom. The average Bonchev–Trinajstić information content (AvgIpc) is 3.29. The molecule has 5 aromatic rings. The number of thiazole rings is 1. The van der Waals surface area contributed by atoms with Crippen molar-refractivity contribution in [1.82, 2.24) is 14.4 Å². The smallest absolute Gasteiger partial charge is 0.273 e. The van der Waals surface area contributed by atoms with Gasteiger partial charge in [0, 0.05) is 22.5 Å². The quantitative estimate of drug-likeness (QED) is 0.467. The largest absolute Gasteiger partial charge is 0.319 e. The fourth-order valence-electron chi connectivity index (χ4n) is 3.15. The zero-order valence-electron chi connectivity index (χ0n) is 15.1. The molecule has 5 rings (SSSR count). The van der Waals surface area contributed by atoms with Crippen LogP contribution >= 0.6 is 11.3 Å². The molecule has 0 atom stereocenters. The topological polar surface area (TPSA) is 59.3 Å². The predicted molar refractivity (Wildman–Crippen MR) is 113 cm³/mol. The predicted octanol–water partition coefficient (Wildman–Crippen LogP) is 5.17. The summed E-state index contributed by atoms with van der Waals surface area (Å²) in [5.74, 6) is -0.184. The van der Waals surface area contributed by atoms with Crippen LogP contribution in [-0.4, -0.2) is 20.3 Å². The number of aryl methyl sites for hydroxylation is 1. The van der Waals surface area contributed by atoms with Crippen molar-refractivity contribution in [2.24, 2.45) is 0 Å². The third-order valence-corrected chi connectivity index (χ3v) is 5.48. The van der Waals surface area contributed by atoms with Gasteiger partial charge in [0.2, 0.25) is 0 Å². The minimum atomic E-state index is -0.184. The number of aromatic nitrogens is 3. The molecule has 1 N–H and O–H groups in total. The summed E-state index contributed by atoms with van der Waals surface area (Å²) in [5, 5.41) is 5.75. The highest BCUT2D eigenvalue weighted by Gasteiger charge is 2.15. The molecule has 136 valence electrons. The molecule has 0 saturated heterocycles. The monoisotopic (exact) mass is 384 g/mol. The summed E-state index contributed by atoms with van der Waals surface area (Å²) in [6.07, 6.45) is 3.58. The van der Waals surface area contributed by atoms with Crippen molar-refractivity contribution in [2.45, 2.75) is 6.92 Å². The van der Waals surface area contributed by atoms with Crippen molar-refractivity contribution >= 4 is 38.8 Å². The second-order valence-electron chi connectivity index (χ2n) is 6.64. The molecule has 5 nitrogen and oxygen atoms in total. The molecule has 1 amide bonds. The molecular weight excluding hydrogens is 368 g/mol. The SMILES string of the molecule is Cc1ccc(-c2cn3c(C(=O)Nc4cnc5ccccc5c4)csc3n2)cc1. The van der Waals surface area contributed by atoms with Gasteiger partial charge in [-0.25, -0.2) is 4.98 Å². The van der Waals surface area contributed by atoms with Gasteiger partial charge in [-0.15, -0.1) is 11.3 Å². The molecule has 0 bridgehead atoms. The zero-order valence-corrected chi connectivity index (χ0v) is 15.9. The number of nitrogens with one attached hydrogen (secondary N) is 1. The van der Waals surface area contributed by atoms with Gasteiger partial charge in [0.25, 0.3) is 5.91 Å². The molecule has 0 unspecified atom stereocenters. The van der Waals surface area contributed by atoms with E-state index in [2.05, 4.69) is 34.3 Å². The number of imidazole rings is 1. The Morgan fingerprint density at radius 1 is 1.11 bits per heavy atom. The number of amides is 1. The van der Waals surface area contributed by atoms with Crippen LogP contribution < -0.4 is 5.32 Å². The molecule has 0 fully saturated rings. The van der Waals surface area contributed by atoms with E-state index < -0.39 is 0 Å². The Bertz CT molecular complexity index is 1320. The van der Waals surface area contributed by atoms with Gasteiger partial charge in [-0.2, -0.15) is 0 Å². The fourth-order valence-corrected chi connectivity index (χ4v) is 4.00. The van der Waals surface area contributed by atoms with E-state index in [4.69, 9.17) is 0 Å². The number of carbonyl (C=O) groups excluding carboxylic acids is 1. The van der Waals surface area contributed by atoms with Crippen LogP contribution in [0, 0.1) is 6.92 Å². The molecule has 0 radical (unpaired) electrons. The minimum absolute atomic E-state index is 0.184. The van der Waals surface area contributed by atoms with Crippen LogP contribution in [0.1, 0.15) is 16.1 Å². The summed E-state index contributed by atoms with van der Waals surface area (Å²) < 4.78 is 1.84. The first-order valence-corrected chi connectivity index (χ1v) is 9.75. The van der Waals surface area contributed by atoms with E-state index in [0.29, 0.717) is 11.4 Å². The molecule has 0 saturated carbocycles. The number of nitrogens with zero attached hydrogens (tertiary/aromatic N) is 3. The summed E-state index contributed by atoms with van der Waals surface area (Å²) in [5.41, 5.74) is 5.21. The normalized spacial score (nSPS) is 11.2. The molecule has 3 heterocycles. The van der Waals surface area contributed by atoms with Crippen LogP contribution in [0.5, 0.6) is 0 Å². The van der Waals surface area contributed by atoms with E-state index in [0.717, 1.165) is 27.1 Å². The van der Waals surface area contributed by atoms with Gasteiger partial charge in [-0.05, 0) is 19.1 Å². The van der Waals surface area contributed by atoms with Gasteiger partial charge in [0.05, 0.1) is 23.1 Å². The molecule has 6 heteroatoms. The molecular formula is C22H16N4OS. The van der Waals surface area contributed by atoms with Crippen molar-refractivity contribution in [3.63, 3.8) is 0 Å². The summed E-state index contributed by atoms with van der Waals surface area (Å²) in [6.45, 7) is 2.06. The van der Waals surface area contributed by atoms with E-state index in [9.17, 15) is 4.79 Å². The third kappa shape index (κ3) is 2.93. The fraction of sp³-hybridized carbons (Fsp3) is 0.0455. The van der Waals surface area contributed by atoms with Gasteiger partial charge in [0.15, 0.2) is 4.96 Å². The minimum Gasteiger partial charge on any atom is -0.319 e. The molecule has 3 aromatic heterocycles. The number of para-hydroxylation sites is 1. The Labute approximate surface area is 165 Å². The number of pyridine rings is 1. The van der Waals surface area contributed by atoms with Crippen LogP contribution in [0.2, 0.25) is 0 Å². The summed E-state index contributed by atoms with van der Waals surface area (Å²) in [6, 6.07) is 18.0. The molecule has 0 aliphatic rings. The first-order valence-electron chi connectivity index (χ1n) is 8.87. The van der Waals surface area contributed by atoms with E-state index in [-0.39, 0.29) is 5.91 Å². The number of rotatable bonds is 3. The number of benzene rings is 2. The maximum atomic E-state index is 12.8. The van der Waals surface area contributed by atoms with Crippen LogP contribution in [0.4, 0.5) is 5.69 Å². The van der Waals surface area contributed by atoms with Crippen molar-refractivity contribution in [1.29, 1.82) is 0 Å². The van der Waals surface area contributed by atoms with Crippen LogP contribution in [0.25, 0.3) is 27.1 Å². The second-order valence-corrected chi connectivity index (χ2v) is 7.47. The van der Waals surface area contributed by atoms with E-state index in [1.165, 1.54) is 16.9 Å². The van der Waals surface area contributed by atoms with Gasteiger partial charge in [-0.1, -0.05) is 48.0 Å². The maximum absolute atomic E-state index is 12.8. The van der Waals surface area contributed by atoms with Crippen LogP contribution in [-0.2, 0) is 0 Å². The number of anilines is 1. The average molecular weight is 384 g/mol. The summed E-state index contributed by atoms with van der Waals surface area (Å²) in [7, 11) is 0. The summed E-state index contributed by atoms with van der Waals surface area (Å²) in [4.78, 5) is 22.7. The standard InChI is InChI=1S/C22H16N4OS/c1-14-6-8-15(9-7-14)19-12-26-20(13-28-22(26)25-19)21(27)24-17-10-16-4-2-3-5-18(16)23-11-17/h2-13H,1H3,(H,24,27). The third-order valence-electron chi connectivity index (χ3n) is 4.64. The van der Waals surface area contributed by atoms with E-state index in [1.807, 2.05) is 58.4 Å². The highest BCUT2D eigenvalue weighted by Crippen LogP contribution is 2.25. The molecule has 2 aromatic carbocycles. The van der Waals surface area contributed by atoms with Gasteiger partial charge in [-0.3, -0.25) is 14.2 Å². The lowest BCUT2D eigenvalue weighted by molar-refractivity contribution is 0.102. The Kier molecular flexibility index (Phi) is 3.91. The molecule has 0 spiro atoms. The molecule has 28 heavy (non-hydrogen) atoms. The van der Waals surface area contributed by atoms with Gasteiger partial charge in [0.1, 0.15) is 5.69 Å². The van der Waals surface area contributed by atoms with Crippen molar-refractivity contribution in [2.75, 3.05) is 5.32 Å². The van der Waals surface area contributed by atoms with Crippen molar-refractivity contribution < 1.29 is 4.79 Å². The molecule has 0 aliphatic carbocycles. The van der Waals surface area contributed by atoms with Crippen LogP contribution in [0.3, 0.4) is 0 Å². The lowest BCUT2D eigenvalue weighted by atomic mass is 10.1. The summed E-state index contributed by atoms with van der Waals surface area (Å²) >= 11 is 1.45. The Hall–Kier alpha value is -3.51. The molecule has 0 aliphatic heterocycles. The van der Waals surface area contributed by atoms with Crippen LogP contribution in [0.15, 0.2) is 72.4 Å². The Balaban J connectivity index is 1.46. The first-order chi connectivity index (χ1) is 13.7. The maximum Gasteiger partial charge on any atom is 0.273 e. The number of fused-ring (bicyclic) bond motifs is 2. The second kappa shape index (κ2) is 6.58. The van der Waals surface area contributed by atoms with Gasteiger partial charge < -0.3 is 5.32 Å². The lowest BCUT2D eigenvalue weighted by Gasteiger charge is -2.05. The van der Waals surface area contributed by atoms with E-state index in [1.54, 1.807) is 6.20 Å². The zero-order chi connectivity index (χ0) is 19.1. The van der Waals surface area contributed by atoms with Crippen molar-refractivity contribution in [3.05, 3.63) is 83.6 Å². The number of carbonyl (C=O) groups is 1.